The molecule has 0 radical (unpaired) electrons. The first-order valence-corrected chi connectivity index (χ1v) is 9.70. The Kier molecular flexibility index (Phi) is 8.61. The molecule has 3 aliphatic rings. The van der Waals surface area contributed by atoms with Crippen LogP contribution in [-0.2, 0) is 4.79 Å². The van der Waals surface area contributed by atoms with Gasteiger partial charge in [-0.05, 0) is 37.8 Å². The van der Waals surface area contributed by atoms with Gasteiger partial charge in [0, 0.05) is 63.5 Å². The number of nitrogens with zero attached hydrogens (tertiary/aromatic N) is 3. The molecule has 27 heavy (non-hydrogen) atoms. The van der Waals surface area contributed by atoms with E-state index < -0.39 is 0 Å². The Morgan fingerprint density at radius 3 is 2.44 bits per heavy atom. The molecule has 2 unspecified atom stereocenters. The Balaban J connectivity index is 0.00000131. The third kappa shape index (κ3) is 5.95. The van der Waals surface area contributed by atoms with Gasteiger partial charge in [-0.3, -0.25) is 9.69 Å². The Bertz CT molecular complexity index is 571. The number of anilines is 1. The number of nitrogens with one attached hydrogen (secondary N) is 2. The Hall–Kier alpha value is -1.08. The lowest BCUT2D eigenvalue weighted by Gasteiger charge is -2.35. The number of aromatic nitrogens is 1. The summed E-state index contributed by atoms with van der Waals surface area (Å²) in [5, 5.41) is 6.89. The molecule has 0 aromatic carbocycles. The van der Waals surface area contributed by atoms with E-state index in [0.717, 1.165) is 51.4 Å². The Labute approximate surface area is 174 Å². The fourth-order valence-electron chi connectivity index (χ4n) is 4.48. The Morgan fingerprint density at radius 1 is 1.11 bits per heavy atom. The van der Waals surface area contributed by atoms with Gasteiger partial charge < -0.3 is 15.5 Å². The van der Waals surface area contributed by atoms with Crippen LogP contribution in [0.5, 0.6) is 0 Å². The number of rotatable bonds is 5. The molecule has 3 saturated heterocycles. The quantitative estimate of drug-likeness (QED) is 0.767. The summed E-state index contributed by atoms with van der Waals surface area (Å²) in [4.78, 5) is 21.4. The molecule has 6 nitrogen and oxygen atoms in total. The average Bonchev–Trinajstić information content (AvgIpc) is 2.99. The lowest BCUT2D eigenvalue weighted by atomic mass is 10.00. The van der Waals surface area contributed by atoms with Crippen LogP contribution in [0.2, 0.25) is 0 Å². The molecule has 2 atom stereocenters. The molecule has 3 aliphatic heterocycles. The first-order valence-electron chi connectivity index (χ1n) is 9.70. The zero-order valence-corrected chi connectivity index (χ0v) is 17.3. The topological polar surface area (TPSA) is 60.5 Å². The van der Waals surface area contributed by atoms with Gasteiger partial charge in [0.25, 0.3) is 0 Å². The van der Waals surface area contributed by atoms with Crippen molar-refractivity contribution in [2.45, 2.75) is 50.2 Å². The van der Waals surface area contributed by atoms with E-state index in [-0.39, 0.29) is 30.7 Å². The summed E-state index contributed by atoms with van der Waals surface area (Å²) in [5.41, 5.74) is 0. The molecule has 2 N–H and O–H groups in total. The zero-order chi connectivity index (χ0) is 17.1. The largest absolute Gasteiger partial charge is 0.354 e. The SMILES string of the molecule is Cl.Cl.O=C(CCN1CCN(c2ccccn2)CC1)NC1CC2CCC(C1)N2. The van der Waals surface area contributed by atoms with Gasteiger partial charge in [0.15, 0.2) is 0 Å². The van der Waals surface area contributed by atoms with Crippen molar-refractivity contribution in [2.75, 3.05) is 37.6 Å². The maximum Gasteiger partial charge on any atom is 0.221 e. The number of hydrogen-bond donors (Lipinski definition) is 2. The molecule has 0 saturated carbocycles. The molecule has 8 heteroatoms. The first kappa shape index (κ1) is 22.2. The van der Waals surface area contributed by atoms with E-state index in [9.17, 15) is 4.79 Å². The van der Waals surface area contributed by atoms with Crippen LogP contribution in [0.1, 0.15) is 32.1 Å². The van der Waals surface area contributed by atoms with Crippen LogP contribution in [0.4, 0.5) is 5.82 Å². The number of pyridine rings is 1. The molecular weight excluding hydrogens is 385 g/mol. The molecule has 2 bridgehead atoms. The van der Waals surface area contributed by atoms with Crippen LogP contribution in [0.25, 0.3) is 0 Å². The second-order valence-electron chi connectivity index (χ2n) is 7.64. The highest BCUT2D eigenvalue weighted by atomic mass is 35.5. The van der Waals surface area contributed by atoms with Crippen molar-refractivity contribution < 1.29 is 4.79 Å². The maximum atomic E-state index is 12.3. The third-order valence-corrected chi connectivity index (χ3v) is 5.84. The minimum absolute atomic E-state index is 0. The molecule has 4 heterocycles. The van der Waals surface area contributed by atoms with Crippen LogP contribution in [0.3, 0.4) is 0 Å². The second kappa shape index (κ2) is 10.5. The molecule has 152 valence electrons. The van der Waals surface area contributed by atoms with Crippen molar-refractivity contribution in [1.82, 2.24) is 20.5 Å². The van der Waals surface area contributed by atoms with Crippen LogP contribution in [0.15, 0.2) is 24.4 Å². The molecule has 4 rings (SSSR count). The van der Waals surface area contributed by atoms with E-state index >= 15 is 0 Å². The number of piperazine rings is 1. The highest BCUT2D eigenvalue weighted by Crippen LogP contribution is 2.26. The number of amides is 1. The zero-order valence-electron chi connectivity index (χ0n) is 15.7. The fraction of sp³-hybridized carbons (Fsp3) is 0.684. The number of hydrogen-bond acceptors (Lipinski definition) is 5. The van der Waals surface area contributed by atoms with E-state index in [0.29, 0.717) is 24.5 Å². The second-order valence-corrected chi connectivity index (χ2v) is 7.64. The van der Waals surface area contributed by atoms with Crippen LogP contribution in [-0.4, -0.2) is 66.6 Å². The van der Waals surface area contributed by atoms with E-state index in [4.69, 9.17) is 0 Å². The normalized spacial score (nSPS) is 27.4. The number of halogens is 2. The van der Waals surface area contributed by atoms with Gasteiger partial charge in [-0.2, -0.15) is 0 Å². The molecule has 0 spiro atoms. The van der Waals surface area contributed by atoms with Gasteiger partial charge in [0.05, 0.1) is 0 Å². The summed E-state index contributed by atoms with van der Waals surface area (Å²) in [6.45, 7) is 4.83. The summed E-state index contributed by atoms with van der Waals surface area (Å²) < 4.78 is 0. The molecule has 3 fully saturated rings. The fourth-order valence-corrected chi connectivity index (χ4v) is 4.48. The number of fused-ring (bicyclic) bond motifs is 2. The summed E-state index contributed by atoms with van der Waals surface area (Å²) in [7, 11) is 0. The highest BCUT2D eigenvalue weighted by molar-refractivity contribution is 5.85. The van der Waals surface area contributed by atoms with E-state index in [2.05, 4.69) is 31.5 Å². The highest BCUT2D eigenvalue weighted by Gasteiger charge is 2.33. The lowest BCUT2D eigenvalue weighted by Crippen LogP contribution is -2.49. The molecule has 1 amide bonds. The third-order valence-electron chi connectivity index (χ3n) is 5.84. The molecule has 1 aromatic rings. The first-order chi connectivity index (χ1) is 12.3. The van der Waals surface area contributed by atoms with E-state index in [1.807, 2.05) is 18.3 Å². The minimum atomic E-state index is 0. The average molecular weight is 416 g/mol. The standard InChI is InChI=1S/C19H29N5O.2ClH/c25-19(22-17-13-15-4-5-16(14-17)21-15)6-8-23-9-11-24(12-10-23)18-3-1-2-7-20-18;;/h1-3,7,15-17,21H,4-6,8-14H2,(H,22,25);2*1H. The molecule has 0 aliphatic carbocycles. The summed E-state index contributed by atoms with van der Waals surface area (Å²) in [6.07, 6.45) is 7.22. The van der Waals surface area contributed by atoms with Crippen molar-refractivity contribution in [2.24, 2.45) is 0 Å². The maximum absolute atomic E-state index is 12.3. The van der Waals surface area contributed by atoms with E-state index in [1.54, 1.807) is 0 Å². The Morgan fingerprint density at radius 2 is 1.81 bits per heavy atom. The number of carbonyl (C=O) groups is 1. The van der Waals surface area contributed by atoms with E-state index in [1.165, 1.54) is 12.8 Å². The van der Waals surface area contributed by atoms with Gasteiger partial charge in [-0.25, -0.2) is 4.98 Å². The number of carbonyl (C=O) groups excluding carboxylic acids is 1. The van der Waals surface area contributed by atoms with Crippen molar-refractivity contribution in [1.29, 1.82) is 0 Å². The molecule has 1 aromatic heterocycles. The lowest BCUT2D eigenvalue weighted by molar-refractivity contribution is -0.122. The van der Waals surface area contributed by atoms with Crippen LogP contribution < -0.4 is 15.5 Å². The number of piperidine rings is 1. The monoisotopic (exact) mass is 415 g/mol. The van der Waals surface area contributed by atoms with Crippen molar-refractivity contribution in [3.8, 4) is 0 Å². The van der Waals surface area contributed by atoms with Crippen LogP contribution >= 0.6 is 24.8 Å². The van der Waals surface area contributed by atoms with Crippen molar-refractivity contribution in [3.05, 3.63) is 24.4 Å². The molecular formula is C19H31Cl2N5O. The summed E-state index contributed by atoms with van der Waals surface area (Å²) >= 11 is 0. The predicted octanol–water partition coefficient (Wildman–Crippen LogP) is 1.84. The summed E-state index contributed by atoms with van der Waals surface area (Å²) in [6, 6.07) is 7.69. The van der Waals surface area contributed by atoms with Gasteiger partial charge in [0.1, 0.15) is 5.82 Å². The smallest absolute Gasteiger partial charge is 0.221 e. The van der Waals surface area contributed by atoms with Crippen LogP contribution in [0, 0.1) is 0 Å². The van der Waals surface area contributed by atoms with Crippen molar-refractivity contribution in [3.63, 3.8) is 0 Å². The van der Waals surface area contributed by atoms with Gasteiger partial charge >= 0.3 is 0 Å². The minimum Gasteiger partial charge on any atom is -0.354 e. The van der Waals surface area contributed by atoms with Gasteiger partial charge in [-0.15, -0.1) is 24.8 Å². The van der Waals surface area contributed by atoms with Gasteiger partial charge in [0.2, 0.25) is 5.91 Å². The van der Waals surface area contributed by atoms with Crippen molar-refractivity contribution >= 4 is 36.5 Å². The predicted molar refractivity (Wildman–Crippen MR) is 113 cm³/mol. The summed E-state index contributed by atoms with van der Waals surface area (Å²) in [5.74, 6) is 1.28. The van der Waals surface area contributed by atoms with Gasteiger partial charge in [-0.1, -0.05) is 6.07 Å².